The SMILES string of the molecule is Cc1nc(Oc2ccc(NS(=O)(=O)C3CC3)cc2)ccc1N. The van der Waals surface area contributed by atoms with Crippen LogP contribution in [0.4, 0.5) is 11.4 Å². The van der Waals surface area contributed by atoms with Crippen LogP contribution >= 0.6 is 0 Å². The zero-order valence-electron chi connectivity index (χ0n) is 12.1. The molecule has 0 atom stereocenters. The number of benzene rings is 1. The van der Waals surface area contributed by atoms with Gasteiger partial charge in [-0.05, 0) is 50.1 Å². The summed E-state index contributed by atoms with van der Waals surface area (Å²) in [6, 6.07) is 10.1. The van der Waals surface area contributed by atoms with Gasteiger partial charge >= 0.3 is 0 Å². The van der Waals surface area contributed by atoms with Crippen LogP contribution < -0.4 is 15.2 Å². The number of anilines is 2. The molecule has 7 heteroatoms. The summed E-state index contributed by atoms with van der Waals surface area (Å²) >= 11 is 0. The van der Waals surface area contributed by atoms with E-state index >= 15 is 0 Å². The fourth-order valence-corrected chi connectivity index (χ4v) is 3.33. The van der Waals surface area contributed by atoms with Gasteiger partial charge in [-0.2, -0.15) is 0 Å². The van der Waals surface area contributed by atoms with E-state index in [1.807, 2.05) is 0 Å². The quantitative estimate of drug-likeness (QED) is 0.883. The Hall–Kier alpha value is -2.28. The number of aryl methyl sites for hydroxylation is 1. The van der Waals surface area contributed by atoms with Crippen LogP contribution in [-0.2, 0) is 10.0 Å². The predicted molar refractivity (Wildman–Crippen MR) is 85.5 cm³/mol. The Morgan fingerprint density at radius 2 is 1.86 bits per heavy atom. The molecule has 3 N–H and O–H groups in total. The summed E-state index contributed by atoms with van der Waals surface area (Å²) in [6.07, 6.45) is 1.47. The second-order valence-corrected chi connectivity index (χ2v) is 7.26. The first-order chi connectivity index (χ1) is 10.4. The van der Waals surface area contributed by atoms with Crippen LogP contribution in [0.2, 0.25) is 0 Å². The molecule has 1 aliphatic rings. The highest BCUT2D eigenvalue weighted by Gasteiger charge is 2.35. The second-order valence-electron chi connectivity index (χ2n) is 5.30. The number of pyridine rings is 1. The Morgan fingerprint density at radius 1 is 1.18 bits per heavy atom. The van der Waals surface area contributed by atoms with Crippen LogP contribution in [-0.4, -0.2) is 18.7 Å². The minimum absolute atomic E-state index is 0.245. The maximum atomic E-state index is 11.8. The summed E-state index contributed by atoms with van der Waals surface area (Å²) in [5.74, 6) is 1.02. The topological polar surface area (TPSA) is 94.3 Å². The molecule has 1 aliphatic carbocycles. The van der Waals surface area contributed by atoms with Crippen molar-refractivity contribution in [1.82, 2.24) is 4.98 Å². The summed E-state index contributed by atoms with van der Waals surface area (Å²) in [7, 11) is -3.24. The molecule has 0 amide bonds. The molecule has 1 fully saturated rings. The number of aromatic nitrogens is 1. The van der Waals surface area contributed by atoms with Gasteiger partial charge in [0.15, 0.2) is 0 Å². The van der Waals surface area contributed by atoms with E-state index in [4.69, 9.17) is 10.5 Å². The molecule has 6 nitrogen and oxygen atoms in total. The summed E-state index contributed by atoms with van der Waals surface area (Å²) in [5, 5.41) is -0.245. The molecule has 1 saturated carbocycles. The van der Waals surface area contributed by atoms with Gasteiger partial charge in [0.25, 0.3) is 0 Å². The van der Waals surface area contributed by atoms with Gasteiger partial charge in [-0.3, -0.25) is 4.72 Å². The second kappa shape index (κ2) is 5.49. The normalized spacial score (nSPS) is 14.6. The molecular formula is C15H17N3O3S. The van der Waals surface area contributed by atoms with Crippen molar-refractivity contribution in [3.63, 3.8) is 0 Å². The van der Waals surface area contributed by atoms with Gasteiger partial charge in [0.2, 0.25) is 15.9 Å². The van der Waals surface area contributed by atoms with E-state index in [1.54, 1.807) is 43.3 Å². The molecule has 22 heavy (non-hydrogen) atoms. The molecule has 0 aliphatic heterocycles. The van der Waals surface area contributed by atoms with Crippen LogP contribution in [0.5, 0.6) is 11.6 Å². The molecule has 0 saturated heterocycles. The predicted octanol–water partition coefficient (Wildman–Crippen LogP) is 2.67. The maximum Gasteiger partial charge on any atom is 0.235 e. The van der Waals surface area contributed by atoms with Crippen LogP contribution in [0.15, 0.2) is 36.4 Å². The number of hydrogen-bond acceptors (Lipinski definition) is 5. The largest absolute Gasteiger partial charge is 0.439 e. The highest BCUT2D eigenvalue weighted by atomic mass is 32.2. The molecule has 1 aromatic heterocycles. The molecular weight excluding hydrogens is 302 g/mol. The average Bonchev–Trinajstić information content (AvgIpc) is 3.30. The molecule has 0 bridgehead atoms. The third-order valence-corrected chi connectivity index (χ3v) is 5.27. The van der Waals surface area contributed by atoms with Crippen LogP contribution in [0.3, 0.4) is 0 Å². The fraction of sp³-hybridized carbons (Fsp3) is 0.267. The van der Waals surface area contributed by atoms with E-state index in [1.165, 1.54) is 0 Å². The van der Waals surface area contributed by atoms with Crippen LogP contribution in [0.25, 0.3) is 0 Å². The number of sulfonamides is 1. The molecule has 2 aromatic rings. The molecule has 1 aromatic carbocycles. The first-order valence-electron chi connectivity index (χ1n) is 6.97. The highest BCUT2D eigenvalue weighted by molar-refractivity contribution is 7.93. The van der Waals surface area contributed by atoms with E-state index < -0.39 is 10.0 Å². The average molecular weight is 319 g/mol. The number of hydrogen-bond donors (Lipinski definition) is 2. The van der Waals surface area contributed by atoms with E-state index in [0.717, 1.165) is 12.8 Å². The van der Waals surface area contributed by atoms with Crippen LogP contribution in [0, 0.1) is 6.92 Å². The molecule has 0 unspecified atom stereocenters. The Labute approximate surface area is 129 Å². The van der Waals surface area contributed by atoms with Crippen molar-refractivity contribution < 1.29 is 13.2 Å². The Kier molecular flexibility index (Phi) is 3.66. The monoisotopic (exact) mass is 319 g/mol. The van der Waals surface area contributed by atoms with Gasteiger partial charge < -0.3 is 10.5 Å². The standard InChI is InChI=1S/C15H17N3O3S/c1-10-14(16)8-9-15(17-10)21-12-4-2-11(3-5-12)18-22(19,20)13-6-7-13/h2-5,8-9,13,18H,6-7,16H2,1H3. The Morgan fingerprint density at radius 3 is 2.45 bits per heavy atom. The summed E-state index contributed by atoms with van der Waals surface area (Å²) in [5.41, 5.74) is 7.54. The number of nitrogens with one attached hydrogen (secondary N) is 1. The summed E-state index contributed by atoms with van der Waals surface area (Å²) < 4.78 is 31.9. The molecule has 1 heterocycles. The van der Waals surface area contributed by atoms with Crippen molar-refractivity contribution in [2.45, 2.75) is 25.0 Å². The smallest absolute Gasteiger partial charge is 0.235 e. The summed E-state index contributed by atoms with van der Waals surface area (Å²) in [6.45, 7) is 1.80. The lowest BCUT2D eigenvalue weighted by Crippen LogP contribution is -2.17. The minimum Gasteiger partial charge on any atom is -0.439 e. The van der Waals surface area contributed by atoms with Crippen molar-refractivity contribution in [3.05, 3.63) is 42.1 Å². The van der Waals surface area contributed by atoms with Crippen molar-refractivity contribution in [2.24, 2.45) is 0 Å². The van der Waals surface area contributed by atoms with Gasteiger partial charge in [0.05, 0.1) is 16.6 Å². The number of nitrogens with two attached hydrogens (primary N) is 1. The zero-order valence-corrected chi connectivity index (χ0v) is 12.9. The number of nitrogen functional groups attached to an aromatic ring is 1. The zero-order chi connectivity index (χ0) is 15.7. The van der Waals surface area contributed by atoms with Crippen LogP contribution in [0.1, 0.15) is 18.5 Å². The third kappa shape index (κ3) is 3.30. The Bertz CT molecular complexity index is 784. The Balaban J connectivity index is 1.69. The molecule has 0 radical (unpaired) electrons. The number of ether oxygens (including phenoxy) is 1. The summed E-state index contributed by atoms with van der Waals surface area (Å²) in [4.78, 5) is 4.22. The van der Waals surface area contributed by atoms with Gasteiger partial charge in [0.1, 0.15) is 5.75 Å². The number of nitrogens with zero attached hydrogens (tertiary/aromatic N) is 1. The van der Waals surface area contributed by atoms with Crippen molar-refractivity contribution in [1.29, 1.82) is 0 Å². The van der Waals surface area contributed by atoms with E-state index in [0.29, 0.717) is 28.7 Å². The van der Waals surface area contributed by atoms with Gasteiger partial charge in [-0.25, -0.2) is 13.4 Å². The minimum atomic E-state index is -3.24. The maximum absolute atomic E-state index is 11.8. The van der Waals surface area contributed by atoms with Crippen molar-refractivity contribution >= 4 is 21.4 Å². The van der Waals surface area contributed by atoms with Gasteiger partial charge in [0, 0.05) is 11.8 Å². The third-order valence-electron chi connectivity index (χ3n) is 3.40. The van der Waals surface area contributed by atoms with Crippen molar-refractivity contribution in [3.8, 4) is 11.6 Å². The fourth-order valence-electron chi connectivity index (χ4n) is 1.94. The van der Waals surface area contributed by atoms with E-state index in [2.05, 4.69) is 9.71 Å². The molecule has 0 spiro atoms. The van der Waals surface area contributed by atoms with Gasteiger partial charge in [-0.15, -0.1) is 0 Å². The lowest BCUT2D eigenvalue weighted by Gasteiger charge is -2.09. The molecule has 3 rings (SSSR count). The number of rotatable bonds is 5. The first-order valence-corrected chi connectivity index (χ1v) is 8.51. The van der Waals surface area contributed by atoms with Gasteiger partial charge in [-0.1, -0.05) is 0 Å². The lowest BCUT2D eigenvalue weighted by molar-refractivity contribution is 0.462. The molecule has 116 valence electrons. The lowest BCUT2D eigenvalue weighted by atomic mass is 10.3. The van der Waals surface area contributed by atoms with E-state index in [-0.39, 0.29) is 5.25 Å². The first kappa shape index (κ1) is 14.6. The van der Waals surface area contributed by atoms with Crippen molar-refractivity contribution in [2.75, 3.05) is 10.5 Å². The highest BCUT2D eigenvalue weighted by Crippen LogP contribution is 2.30. The van der Waals surface area contributed by atoms with E-state index in [9.17, 15) is 8.42 Å².